The van der Waals surface area contributed by atoms with Crippen molar-refractivity contribution < 1.29 is 85.7 Å². The smallest absolute Gasteiger partial charge is 0.407 e. The van der Waals surface area contributed by atoms with Gasteiger partial charge in [-0.2, -0.15) is 0 Å². The standard InChI is InChI=1S/C53H88N4O18/c1-38(2)44(60)70-25-27-74-48(64)56-40-29-50(5,6)33-52(9,31-40)35-54-46(62)72-19-15-11-13-17-42(58)68-23-21-66-37-67-22-24-69-43(59)18-14-12-16-20-73-47(63)55-36-53(10)32-41(30-51(7,8)34-53)57-49(65)75-28-26-71-45(61)39(3)4/h40-41H,1,3,11-37H2,2,4-10H3,(H,54,62)(H,55,63)(H,56,64)(H,57,65). The van der Waals surface area contributed by atoms with E-state index in [0.29, 0.717) is 64.5 Å². The molecular weight excluding hydrogens is 981 g/mol. The third-order valence-corrected chi connectivity index (χ3v) is 12.3. The lowest BCUT2D eigenvalue weighted by Gasteiger charge is -2.46. The van der Waals surface area contributed by atoms with Crippen molar-refractivity contribution in [3.05, 3.63) is 24.3 Å². The van der Waals surface area contributed by atoms with Crippen molar-refractivity contribution in [3.8, 4) is 0 Å². The van der Waals surface area contributed by atoms with E-state index in [1.54, 1.807) is 0 Å². The second-order valence-electron chi connectivity index (χ2n) is 21.9. The van der Waals surface area contributed by atoms with Gasteiger partial charge in [0.15, 0.2) is 0 Å². The summed E-state index contributed by atoms with van der Waals surface area (Å²) < 4.78 is 51.9. The largest absolute Gasteiger partial charge is 0.463 e. The minimum atomic E-state index is -0.601. The fourth-order valence-electron chi connectivity index (χ4n) is 9.79. The Labute approximate surface area is 443 Å². The quantitative estimate of drug-likeness (QED) is 0.0160. The molecule has 75 heavy (non-hydrogen) atoms. The minimum absolute atomic E-state index is 0.0563. The van der Waals surface area contributed by atoms with Crippen molar-refractivity contribution >= 4 is 48.3 Å². The van der Waals surface area contributed by atoms with Gasteiger partial charge in [0.25, 0.3) is 0 Å². The number of ether oxygens (including phenoxy) is 10. The van der Waals surface area contributed by atoms with Gasteiger partial charge in [-0.3, -0.25) is 9.59 Å². The highest BCUT2D eigenvalue weighted by atomic mass is 16.7. The Morgan fingerprint density at radius 3 is 1.15 bits per heavy atom. The maximum Gasteiger partial charge on any atom is 0.407 e. The summed E-state index contributed by atoms with van der Waals surface area (Å²) in [5.41, 5.74) is -0.308. The van der Waals surface area contributed by atoms with E-state index in [1.807, 2.05) is 0 Å². The van der Waals surface area contributed by atoms with Crippen LogP contribution in [0.2, 0.25) is 0 Å². The molecule has 0 heterocycles. The van der Waals surface area contributed by atoms with Crippen LogP contribution in [0.1, 0.15) is 145 Å². The van der Waals surface area contributed by atoms with E-state index >= 15 is 0 Å². The summed E-state index contributed by atoms with van der Waals surface area (Å²) in [5.74, 6) is -1.83. The first-order chi connectivity index (χ1) is 35.3. The predicted octanol–water partition coefficient (Wildman–Crippen LogP) is 7.50. The molecule has 22 heteroatoms. The van der Waals surface area contributed by atoms with Crippen LogP contribution < -0.4 is 21.3 Å². The number of carbonyl (C=O) groups excluding carboxylic acids is 8. The van der Waals surface area contributed by atoms with Crippen LogP contribution in [-0.4, -0.2) is 146 Å². The van der Waals surface area contributed by atoms with Crippen LogP contribution in [0.3, 0.4) is 0 Å². The molecule has 0 aliphatic heterocycles. The Hall–Kier alpha value is -5.64. The molecule has 0 saturated heterocycles. The van der Waals surface area contributed by atoms with Gasteiger partial charge >= 0.3 is 48.3 Å². The molecule has 4 amide bonds. The monoisotopic (exact) mass is 1070 g/mol. The van der Waals surface area contributed by atoms with E-state index in [4.69, 9.17) is 47.4 Å². The van der Waals surface area contributed by atoms with Gasteiger partial charge < -0.3 is 68.6 Å². The first-order valence-electron chi connectivity index (χ1n) is 26.1. The molecule has 0 aromatic heterocycles. The molecule has 22 nitrogen and oxygen atoms in total. The van der Waals surface area contributed by atoms with Crippen LogP contribution in [0.4, 0.5) is 19.2 Å². The summed E-state index contributed by atoms with van der Waals surface area (Å²) >= 11 is 0. The van der Waals surface area contributed by atoms with Crippen LogP contribution in [0.15, 0.2) is 24.3 Å². The van der Waals surface area contributed by atoms with Crippen molar-refractivity contribution in [1.29, 1.82) is 0 Å². The van der Waals surface area contributed by atoms with E-state index in [0.717, 1.165) is 25.7 Å². The van der Waals surface area contributed by atoms with Gasteiger partial charge in [-0.05, 0) is 113 Å². The zero-order chi connectivity index (χ0) is 55.9. The van der Waals surface area contributed by atoms with Crippen molar-refractivity contribution in [1.82, 2.24) is 21.3 Å². The molecule has 2 saturated carbocycles. The SMILES string of the molecule is C=C(C)C(=O)OCCOC(=O)NC1CC(C)(C)CC(C)(CNC(=O)OCCCCCC(=O)OCCOCOCCOC(=O)CCCCCOC(=O)NCC2(C)CC(NC(=O)OCCOC(=O)C(=C)C)CC(C)(C)C2)C1. The lowest BCUT2D eigenvalue weighted by Crippen LogP contribution is -2.50. The van der Waals surface area contributed by atoms with Gasteiger partial charge in [-0.15, -0.1) is 0 Å². The predicted molar refractivity (Wildman–Crippen MR) is 274 cm³/mol. The van der Waals surface area contributed by atoms with E-state index < -0.39 is 36.3 Å². The maximum absolute atomic E-state index is 12.5. The van der Waals surface area contributed by atoms with Crippen LogP contribution >= 0.6 is 0 Å². The molecule has 2 fully saturated rings. The van der Waals surface area contributed by atoms with Crippen LogP contribution in [0.25, 0.3) is 0 Å². The van der Waals surface area contributed by atoms with Gasteiger partial charge in [-0.1, -0.05) is 54.7 Å². The Kier molecular flexibility index (Phi) is 29.8. The lowest BCUT2D eigenvalue weighted by molar-refractivity contribution is -0.149. The van der Waals surface area contributed by atoms with E-state index in [-0.39, 0.29) is 143 Å². The minimum Gasteiger partial charge on any atom is -0.463 e. The highest BCUT2D eigenvalue weighted by Crippen LogP contribution is 2.47. The molecule has 428 valence electrons. The van der Waals surface area contributed by atoms with Gasteiger partial charge in [0.1, 0.15) is 46.4 Å². The number of amides is 4. The Bertz CT molecular complexity index is 1750. The third-order valence-electron chi connectivity index (χ3n) is 12.3. The lowest BCUT2D eigenvalue weighted by atomic mass is 9.62. The van der Waals surface area contributed by atoms with Gasteiger partial charge in [0, 0.05) is 49.2 Å². The normalized spacial score (nSPS) is 20.4. The summed E-state index contributed by atoms with van der Waals surface area (Å²) in [5, 5.41) is 11.5. The summed E-state index contributed by atoms with van der Waals surface area (Å²) in [6.07, 6.45) is 6.11. The first kappa shape index (κ1) is 65.5. The fraction of sp³-hybridized carbons (Fsp3) is 0.774. The maximum atomic E-state index is 12.5. The molecular formula is C53H88N4O18. The Morgan fingerprint density at radius 2 is 0.773 bits per heavy atom. The second-order valence-corrected chi connectivity index (χ2v) is 21.9. The summed E-state index contributed by atoms with van der Waals surface area (Å²) in [6.45, 7) is 23.8. The number of nitrogens with one attached hydrogen (secondary N) is 4. The van der Waals surface area contributed by atoms with Gasteiger partial charge in [-0.25, -0.2) is 28.8 Å². The number of hydrogen-bond acceptors (Lipinski definition) is 18. The summed E-state index contributed by atoms with van der Waals surface area (Å²) in [7, 11) is 0. The topological polar surface area (TPSA) is 277 Å². The molecule has 2 aliphatic rings. The van der Waals surface area contributed by atoms with Crippen LogP contribution in [0, 0.1) is 21.7 Å². The summed E-state index contributed by atoms with van der Waals surface area (Å²) in [4.78, 5) is 97.0. The van der Waals surface area contributed by atoms with E-state index in [1.165, 1.54) is 13.8 Å². The zero-order valence-corrected chi connectivity index (χ0v) is 46.0. The van der Waals surface area contributed by atoms with Gasteiger partial charge in [0.2, 0.25) is 0 Å². The molecule has 0 aromatic rings. The van der Waals surface area contributed by atoms with E-state index in [2.05, 4.69) is 76.0 Å². The molecule has 4 atom stereocenters. The Balaban J connectivity index is 1.42. The van der Waals surface area contributed by atoms with Crippen molar-refractivity contribution in [2.24, 2.45) is 21.7 Å². The molecule has 0 radical (unpaired) electrons. The van der Waals surface area contributed by atoms with Crippen molar-refractivity contribution in [2.45, 2.75) is 157 Å². The molecule has 4 unspecified atom stereocenters. The number of hydrogen-bond donors (Lipinski definition) is 4. The third kappa shape index (κ3) is 31.1. The van der Waals surface area contributed by atoms with Crippen molar-refractivity contribution in [3.63, 3.8) is 0 Å². The Morgan fingerprint density at radius 1 is 0.427 bits per heavy atom. The number of rotatable bonds is 34. The number of carbonyl (C=O) groups is 8. The molecule has 0 bridgehead atoms. The number of alkyl carbamates (subject to hydrolysis) is 4. The molecule has 0 aromatic carbocycles. The molecule has 2 aliphatic carbocycles. The molecule has 0 spiro atoms. The summed E-state index contributed by atoms with van der Waals surface area (Å²) in [6, 6.07) is -0.355. The zero-order valence-electron chi connectivity index (χ0n) is 46.0. The second kappa shape index (κ2) is 34.1. The molecule has 2 rings (SSSR count). The first-order valence-corrected chi connectivity index (χ1v) is 26.1. The highest BCUT2D eigenvalue weighted by Gasteiger charge is 2.43. The van der Waals surface area contributed by atoms with Crippen LogP contribution in [0.5, 0.6) is 0 Å². The van der Waals surface area contributed by atoms with E-state index in [9.17, 15) is 38.4 Å². The van der Waals surface area contributed by atoms with Crippen molar-refractivity contribution in [2.75, 3.05) is 86.0 Å². The van der Waals surface area contributed by atoms with Crippen LogP contribution in [-0.2, 0) is 66.5 Å². The average Bonchev–Trinajstić information content (AvgIpc) is 3.30. The average molecular weight is 1070 g/mol. The fourth-order valence-corrected chi connectivity index (χ4v) is 9.79. The number of unbranched alkanes of at least 4 members (excludes halogenated alkanes) is 4. The number of esters is 4. The molecule has 4 N–H and O–H groups in total. The highest BCUT2D eigenvalue weighted by molar-refractivity contribution is 5.87. The van der Waals surface area contributed by atoms with Gasteiger partial charge in [0.05, 0.1) is 26.4 Å².